The minimum absolute atomic E-state index is 0.0374. The number of nitrogens with one attached hydrogen (secondary N) is 1. The number of hydrogen-bond acceptors (Lipinski definition) is 5. The number of H-pyrrole nitrogens is 1. The van der Waals surface area contributed by atoms with E-state index < -0.39 is 5.60 Å². The Morgan fingerprint density at radius 2 is 2.04 bits per heavy atom. The second-order valence-electron chi connectivity index (χ2n) is 6.28. The number of benzene rings is 1. The molecule has 1 aromatic carbocycles. The van der Waals surface area contributed by atoms with Crippen molar-refractivity contribution in [2.75, 3.05) is 13.1 Å². The Kier molecular flexibility index (Phi) is 3.53. The van der Waals surface area contributed by atoms with E-state index in [0.717, 1.165) is 5.52 Å². The molecule has 1 amide bonds. The molecule has 0 atom stereocenters. The highest BCUT2D eigenvalue weighted by Gasteiger charge is 2.34. The fourth-order valence-corrected chi connectivity index (χ4v) is 3.16. The number of nitrogens with zero attached hydrogens (tertiary/aromatic N) is 5. The number of hydrogen-bond donors (Lipinski definition) is 2. The van der Waals surface area contributed by atoms with Gasteiger partial charge < -0.3 is 14.6 Å². The molecule has 3 heterocycles. The van der Waals surface area contributed by atoms with E-state index in [1.165, 1.54) is 0 Å². The quantitative estimate of drug-likeness (QED) is 0.742. The zero-order chi connectivity index (χ0) is 16.6. The van der Waals surface area contributed by atoms with E-state index in [1.54, 1.807) is 35.6 Å². The number of carbonyl (C=O) groups excluding carboxylic acids is 1. The number of aromatic nitrogens is 5. The molecule has 0 unspecified atom stereocenters. The van der Waals surface area contributed by atoms with Gasteiger partial charge in [0.25, 0.3) is 5.91 Å². The second-order valence-corrected chi connectivity index (χ2v) is 6.28. The molecule has 24 heavy (non-hydrogen) atoms. The molecule has 0 aliphatic carbocycles. The average Bonchev–Trinajstić information content (AvgIpc) is 3.25. The largest absolute Gasteiger partial charge is 0.388 e. The predicted molar refractivity (Wildman–Crippen MR) is 86.2 cm³/mol. The van der Waals surface area contributed by atoms with E-state index in [-0.39, 0.29) is 5.91 Å². The molecule has 1 saturated heterocycles. The predicted octanol–water partition coefficient (Wildman–Crippen LogP) is 0.822. The first kappa shape index (κ1) is 14.8. The summed E-state index contributed by atoms with van der Waals surface area (Å²) < 4.78 is 1.87. The van der Waals surface area contributed by atoms with Crippen molar-refractivity contribution < 1.29 is 9.90 Å². The molecule has 4 rings (SSSR count). The van der Waals surface area contributed by atoms with Crippen LogP contribution in [0.1, 0.15) is 23.2 Å². The number of aliphatic hydroxyl groups is 1. The summed E-state index contributed by atoms with van der Waals surface area (Å²) in [7, 11) is 0. The number of carbonyl (C=O) groups is 1. The van der Waals surface area contributed by atoms with Gasteiger partial charge in [-0.1, -0.05) is 0 Å². The molecule has 1 aliphatic rings. The van der Waals surface area contributed by atoms with E-state index in [1.807, 2.05) is 10.8 Å². The lowest BCUT2D eigenvalue weighted by Gasteiger charge is -2.38. The first-order valence-corrected chi connectivity index (χ1v) is 7.91. The van der Waals surface area contributed by atoms with Crippen molar-refractivity contribution in [1.82, 2.24) is 29.9 Å². The fraction of sp³-hybridized carbons (Fsp3) is 0.375. The Hall–Kier alpha value is -2.74. The molecule has 8 heteroatoms. The molecule has 2 N–H and O–H groups in total. The Morgan fingerprint density at radius 1 is 1.25 bits per heavy atom. The fourth-order valence-electron chi connectivity index (χ4n) is 3.16. The first-order valence-electron chi connectivity index (χ1n) is 7.91. The van der Waals surface area contributed by atoms with Gasteiger partial charge in [-0.05, 0) is 31.0 Å². The van der Waals surface area contributed by atoms with Gasteiger partial charge in [-0.25, -0.2) is 4.98 Å². The maximum atomic E-state index is 12.7. The molecule has 2 aromatic heterocycles. The van der Waals surface area contributed by atoms with Crippen molar-refractivity contribution in [3.63, 3.8) is 0 Å². The Morgan fingerprint density at radius 3 is 2.79 bits per heavy atom. The number of piperidine rings is 1. The van der Waals surface area contributed by atoms with Crippen LogP contribution in [0.15, 0.2) is 36.9 Å². The van der Waals surface area contributed by atoms with Gasteiger partial charge in [-0.3, -0.25) is 4.79 Å². The lowest BCUT2D eigenvalue weighted by molar-refractivity contribution is -0.0292. The van der Waals surface area contributed by atoms with Crippen molar-refractivity contribution in [3.05, 3.63) is 42.5 Å². The standard InChI is InChI=1S/C16H18N6O2/c23-15(12-1-2-13-14(9-12)19-20-18-13)22-6-3-16(24,4-7-22)10-21-8-5-17-11-21/h1-2,5,8-9,11,24H,3-4,6-7,10H2,(H,18,19,20). The summed E-state index contributed by atoms with van der Waals surface area (Å²) in [6.45, 7) is 1.56. The van der Waals surface area contributed by atoms with Crippen LogP contribution in [0, 0.1) is 0 Å². The van der Waals surface area contributed by atoms with Crippen LogP contribution in [0.2, 0.25) is 0 Å². The summed E-state index contributed by atoms with van der Waals surface area (Å²) in [5, 5.41) is 21.3. The molecule has 0 saturated carbocycles. The lowest BCUT2D eigenvalue weighted by Crippen LogP contribution is -2.48. The van der Waals surface area contributed by atoms with Gasteiger partial charge in [0.1, 0.15) is 11.0 Å². The summed E-state index contributed by atoms with van der Waals surface area (Å²) in [4.78, 5) is 18.4. The van der Waals surface area contributed by atoms with Crippen LogP contribution < -0.4 is 0 Å². The molecular formula is C16H18N6O2. The van der Waals surface area contributed by atoms with E-state index >= 15 is 0 Å². The van der Waals surface area contributed by atoms with E-state index in [9.17, 15) is 9.90 Å². The highest BCUT2D eigenvalue weighted by molar-refractivity contribution is 5.97. The highest BCUT2D eigenvalue weighted by atomic mass is 16.3. The molecule has 0 spiro atoms. The van der Waals surface area contributed by atoms with Gasteiger partial charge in [-0.2, -0.15) is 15.4 Å². The molecule has 0 bridgehead atoms. The van der Waals surface area contributed by atoms with Gasteiger partial charge in [0, 0.05) is 31.0 Å². The van der Waals surface area contributed by atoms with Crippen LogP contribution in [-0.2, 0) is 6.54 Å². The van der Waals surface area contributed by atoms with Crippen molar-refractivity contribution in [2.45, 2.75) is 25.0 Å². The number of aromatic amines is 1. The minimum Gasteiger partial charge on any atom is -0.388 e. The van der Waals surface area contributed by atoms with E-state index in [4.69, 9.17) is 0 Å². The average molecular weight is 326 g/mol. The van der Waals surface area contributed by atoms with Crippen molar-refractivity contribution >= 4 is 16.9 Å². The molecule has 124 valence electrons. The van der Waals surface area contributed by atoms with Gasteiger partial charge in [0.15, 0.2) is 0 Å². The summed E-state index contributed by atoms with van der Waals surface area (Å²) in [5.74, 6) is -0.0374. The molecule has 1 fully saturated rings. The smallest absolute Gasteiger partial charge is 0.253 e. The summed E-state index contributed by atoms with van der Waals surface area (Å²) in [6.07, 6.45) is 6.32. The molecule has 0 radical (unpaired) electrons. The van der Waals surface area contributed by atoms with E-state index in [2.05, 4.69) is 20.4 Å². The van der Waals surface area contributed by atoms with Gasteiger partial charge >= 0.3 is 0 Å². The number of rotatable bonds is 3. The van der Waals surface area contributed by atoms with Gasteiger partial charge in [0.2, 0.25) is 0 Å². The van der Waals surface area contributed by atoms with Crippen molar-refractivity contribution in [3.8, 4) is 0 Å². The third kappa shape index (κ3) is 2.76. The summed E-state index contributed by atoms with van der Waals surface area (Å²) >= 11 is 0. The SMILES string of the molecule is O=C(c1ccc2n[nH]nc2c1)N1CCC(O)(Cn2ccnc2)CC1. The van der Waals surface area contributed by atoms with Gasteiger partial charge in [0.05, 0.1) is 18.5 Å². The summed E-state index contributed by atoms with van der Waals surface area (Å²) in [6, 6.07) is 5.29. The zero-order valence-electron chi connectivity index (χ0n) is 13.1. The maximum Gasteiger partial charge on any atom is 0.253 e. The normalized spacial score (nSPS) is 17.3. The lowest BCUT2D eigenvalue weighted by atomic mass is 9.91. The molecular weight excluding hydrogens is 308 g/mol. The van der Waals surface area contributed by atoms with E-state index in [0.29, 0.717) is 43.6 Å². The number of likely N-dealkylation sites (tertiary alicyclic amines) is 1. The topological polar surface area (TPSA) is 99.9 Å². The van der Waals surface area contributed by atoms with Crippen molar-refractivity contribution in [1.29, 1.82) is 0 Å². The minimum atomic E-state index is -0.798. The van der Waals surface area contributed by atoms with Crippen LogP contribution >= 0.6 is 0 Å². The highest BCUT2D eigenvalue weighted by Crippen LogP contribution is 2.25. The first-order chi connectivity index (χ1) is 11.6. The van der Waals surface area contributed by atoms with Gasteiger partial charge in [-0.15, -0.1) is 0 Å². The van der Waals surface area contributed by atoms with Crippen molar-refractivity contribution in [2.24, 2.45) is 0 Å². The number of amides is 1. The Balaban J connectivity index is 1.44. The molecule has 1 aliphatic heterocycles. The van der Waals surface area contributed by atoms with Crippen LogP contribution in [0.3, 0.4) is 0 Å². The molecule has 8 nitrogen and oxygen atoms in total. The second kappa shape index (κ2) is 5.72. The zero-order valence-corrected chi connectivity index (χ0v) is 13.1. The molecule has 3 aromatic rings. The van der Waals surface area contributed by atoms with Crippen LogP contribution in [-0.4, -0.2) is 59.6 Å². The van der Waals surface area contributed by atoms with Crippen LogP contribution in [0.5, 0.6) is 0 Å². The third-order valence-corrected chi connectivity index (χ3v) is 4.58. The monoisotopic (exact) mass is 326 g/mol. The third-order valence-electron chi connectivity index (χ3n) is 4.58. The maximum absolute atomic E-state index is 12.7. The van der Waals surface area contributed by atoms with Crippen LogP contribution in [0.25, 0.3) is 11.0 Å². The number of fused-ring (bicyclic) bond motifs is 1. The number of imidazole rings is 1. The Labute approximate surface area is 138 Å². The summed E-state index contributed by atoms with van der Waals surface area (Å²) in [5.41, 5.74) is 1.21. The Bertz CT molecular complexity index is 848. The van der Waals surface area contributed by atoms with Crippen LogP contribution in [0.4, 0.5) is 0 Å².